The van der Waals surface area contributed by atoms with E-state index in [1.807, 2.05) is 0 Å². The van der Waals surface area contributed by atoms with Gasteiger partial charge >= 0.3 is 11.9 Å². The molecule has 0 heterocycles. The monoisotopic (exact) mass is 388 g/mol. The second kappa shape index (κ2) is 7.78. The number of benzene rings is 1. The number of hydrogen-bond acceptors (Lipinski definition) is 4. The lowest BCUT2D eigenvalue weighted by molar-refractivity contribution is -0.173. The molecule has 3 rings (SSSR count). The molecular formula is C22H32O4Si. The van der Waals surface area contributed by atoms with Crippen LogP contribution in [0.5, 0.6) is 0 Å². The molecule has 0 unspecified atom stereocenters. The first-order valence-corrected chi connectivity index (χ1v) is 13.3. The molecule has 0 spiro atoms. The van der Waals surface area contributed by atoms with Gasteiger partial charge in [-0.25, -0.2) is 0 Å². The van der Waals surface area contributed by atoms with E-state index in [2.05, 4.69) is 43.4 Å². The van der Waals surface area contributed by atoms with Crippen LogP contribution in [0.2, 0.25) is 19.1 Å². The highest BCUT2D eigenvalue weighted by Crippen LogP contribution is 2.59. The minimum absolute atomic E-state index is 0.0525. The number of carbonyl (C=O) groups is 2. The van der Waals surface area contributed by atoms with E-state index in [0.717, 1.165) is 25.3 Å². The first kappa shape index (κ1) is 20.1. The van der Waals surface area contributed by atoms with E-state index < -0.39 is 25.4 Å². The Morgan fingerprint density at radius 1 is 1.04 bits per heavy atom. The molecule has 0 radical (unpaired) electrons. The minimum atomic E-state index is -1.68. The van der Waals surface area contributed by atoms with Crippen molar-refractivity contribution in [1.29, 1.82) is 0 Å². The van der Waals surface area contributed by atoms with Crippen molar-refractivity contribution in [2.45, 2.75) is 51.2 Å². The maximum absolute atomic E-state index is 12.9. The van der Waals surface area contributed by atoms with Crippen molar-refractivity contribution in [3.05, 3.63) is 30.3 Å². The van der Waals surface area contributed by atoms with Gasteiger partial charge in [-0.1, -0.05) is 67.5 Å². The van der Waals surface area contributed by atoms with Crippen molar-refractivity contribution in [3.63, 3.8) is 0 Å². The third-order valence-corrected chi connectivity index (χ3v) is 10.5. The molecule has 0 bridgehead atoms. The second-order valence-electron chi connectivity index (χ2n) is 8.93. The summed E-state index contributed by atoms with van der Waals surface area (Å²) in [7, 11) is 1.10. The van der Waals surface area contributed by atoms with Gasteiger partial charge in [0.2, 0.25) is 0 Å². The molecule has 0 saturated heterocycles. The van der Waals surface area contributed by atoms with Gasteiger partial charge in [0, 0.05) is 0 Å². The van der Waals surface area contributed by atoms with Gasteiger partial charge in [-0.3, -0.25) is 9.59 Å². The molecule has 2 aliphatic rings. The summed E-state index contributed by atoms with van der Waals surface area (Å²) in [6.45, 7) is 4.80. The average molecular weight is 389 g/mol. The summed E-state index contributed by atoms with van der Waals surface area (Å²) >= 11 is 0. The first-order valence-electron chi connectivity index (χ1n) is 10.1. The van der Waals surface area contributed by atoms with Crippen LogP contribution in [-0.4, -0.2) is 34.2 Å². The van der Waals surface area contributed by atoms with Crippen LogP contribution in [0.3, 0.4) is 0 Å². The summed E-state index contributed by atoms with van der Waals surface area (Å²) in [5.74, 6) is 0.0420. The van der Waals surface area contributed by atoms with E-state index in [-0.39, 0.29) is 5.92 Å². The van der Waals surface area contributed by atoms with Gasteiger partial charge in [0.05, 0.1) is 22.3 Å². The standard InChI is InChI=1S/C22H32O4Si/c1-25-20(23)22(21(24)26-2)14-16(18-12-8-9-13-19(18)22)15-27(3,4)17-10-6-5-7-11-17/h5-7,10-11,16,18-19H,8-9,12-15H2,1-4H3/t16-,18-,19-/m1/s1. The molecule has 0 aliphatic heterocycles. The van der Waals surface area contributed by atoms with Gasteiger partial charge in [-0.15, -0.1) is 0 Å². The smallest absolute Gasteiger partial charge is 0.323 e. The molecule has 5 heteroatoms. The third-order valence-electron chi connectivity index (χ3n) is 7.07. The summed E-state index contributed by atoms with van der Waals surface area (Å²) in [6, 6.07) is 11.8. The Kier molecular flexibility index (Phi) is 5.80. The molecule has 2 aliphatic carbocycles. The second-order valence-corrected chi connectivity index (χ2v) is 13.7. The predicted octanol–water partition coefficient (Wildman–Crippen LogP) is 3.76. The van der Waals surface area contributed by atoms with Crippen LogP contribution in [0.15, 0.2) is 30.3 Å². The Labute approximate surface area is 163 Å². The predicted molar refractivity (Wildman–Crippen MR) is 108 cm³/mol. The lowest BCUT2D eigenvalue weighted by atomic mass is 9.69. The van der Waals surface area contributed by atoms with E-state index in [0.29, 0.717) is 18.3 Å². The summed E-state index contributed by atoms with van der Waals surface area (Å²) in [5, 5.41) is 1.44. The molecule has 0 N–H and O–H groups in total. The number of esters is 2. The highest BCUT2D eigenvalue weighted by atomic mass is 28.3. The minimum Gasteiger partial charge on any atom is -0.468 e. The normalized spacial score (nSPS) is 26.9. The number of rotatable bonds is 5. The zero-order valence-corrected chi connectivity index (χ0v) is 18.0. The van der Waals surface area contributed by atoms with Crippen molar-refractivity contribution in [2.24, 2.45) is 23.2 Å². The van der Waals surface area contributed by atoms with Gasteiger partial charge in [-0.05, 0) is 37.0 Å². The van der Waals surface area contributed by atoms with E-state index in [1.165, 1.54) is 25.8 Å². The Morgan fingerprint density at radius 3 is 2.22 bits per heavy atom. The molecule has 0 amide bonds. The summed E-state index contributed by atoms with van der Waals surface area (Å²) < 4.78 is 10.3. The number of fused-ring (bicyclic) bond motifs is 1. The van der Waals surface area contributed by atoms with Crippen molar-refractivity contribution < 1.29 is 19.1 Å². The topological polar surface area (TPSA) is 52.6 Å². The maximum atomic E-state index is 12.9. The van der Waals surface area contributed by atoms with Gasteiger partial charge in [0.1, 0.15) is 0 Å². The van der Waals surface area contributed by atoms with Gasteiger partial charge in [0.15, 0.2) is 5.41 Å². The maximum Gasteiger partial charge on any atom is 0.323 e. The van der Waals surface area contributed by atoms with Crippen LogP contribution in [0, 0.1) is 23.2 Å². The van der Waals surface area contributed by atoms with Gasteiger partial charge in [-0.2, -0.15) is 0 Å². The van der Waals surface area contributed by atoms with Crippen LogP contribution in [0.25, 0.3) is 0 Å². The van der Waals surface area contributed by atoms with Crippen molar-refractivity contribution in [1.82, 2.24) is 0 Å². The number of methoxy groups -OCH3 is 2. The van der Waals surface area contributed by atoms with Crippen LogP contribution >= 0.6 is 0 Å². The van der Waals surface area contributed by atoms with Crippen LogP contribution in [0.1, 0.15) is 32.1 Å². The molecule has 2 saturated carbocycles. The molecule has 0 aromatic heterocycles. The van der Waals surface area contributed by atoms with Crippen LogP contribution in [0.4, 0.5) is 0 Å². The molecule has 1 aromatic rings. The Hall–Kier alpha value is -1.62. The zero-order chi connectivity index (χ0) is 19.7. The molecule has 148 valence electrons. The zero-order valence-electron chi connectivity index (χ0n) is 17.0. The average Bonchev–Trinajstić information content (AvgIpc) is 3.02. The van der Waals surface area contributed by atoms with Crippen molar-refractivity contribution in [2.75, 3.05) is 14.2 Å². The van der Waals surface area contributed by atoms with E-state index in [9.17, 15) is 9.59 Å². The fourth-order valence-electron chi connectivity index (χ4n) is 5.86. The fourth-order valence-corrected chi connectivity index (χ4v) is 8.94. The van der Waals surface area contributed by atoms with Gasteiger partial charge < -0.3 is 9.47 Å². The lowest BCUT2D eigenvalue weighted by Crippen LogP contribution is -2.46. The Morgan fingerprint density at radius 2 is 1.63 bits per heavy atom. The third kappa shape index (κ3) is 3.46. The van der Waals surface area contributed by atoms with E-state index in [1.54, 1.807) is 0 Å². The van der Waals surface area contributed by atoms with E-state index >= 15 is 0 Å². The largest absolute Gasteiger partial charge is 0.468 e. The van der Waals surface area contributed by atoms with Gasteiger partial charge in [0.25, 0.3) is 0 Å². The fraction of sp³-hybridized carbons (Fsp3) is 0.636. The van der Waals surface area contributed by atoms with Crippen LogP contribution in [-0.2, 0) is 19.1 Å². The Balaban J connectivity index is 1.95. The summed E-state index contributed by atoms with van der Waals surface area (Å²) in [4.78, 5) is 25.7. The van der Waals surface area contributed by atoms with Crippen molar-refractivity contribution in [3.8, 4) is 0 Å². The highest BCUT2D eigenvalue weighted by molar-refractivity contribution is 6.89. The van der Waals surface area contributed by atoms with Crippen molar-refractivity contribution >= 4 is 25.2 Å². The number of hydrogen-bond donors (Lipinski definition) is 0. The molecular weight excluding hydrogens is 356 g/mol. The highest BCUT2D eigenvalue weighted by Gasteiger charge is 2.64. The first-order chi connectivity index (χ1) is 12.9. The quantitative estimate of drug-likeness (QED) is 0.438. The number of ether oxygens (including phenoxy) is 2. The lowest BCUT2D eigenvalue weighted by Gasteiger charge is -2.36. The molecule has 1 aromatic carbocycles. The summed E-state index contributed by atoms with van der Waals surface area (Å²) in [5.41, 5.74) is -1.11. The molecule has 3 atom stereocenters. The SMILES string of the molecule is COC(=O)C1(C(=O)OC)C[C@H](C[Si](C)(C)c2ccccc2)[C@H]2CCCC[C@H]21. The Bertz CT molecular complexity index is 669. The van der Waals surface area contributed by atoms with Crippen LogP contribution < -0.4 is 5.19 Å². The molecule has 27 heavy (non-hydrogen) atoms. The van der Waals surface area contributed by atoms with E-state index in [4.69, 9.17) is 9.47 Å². The molecule has 2 fully saturated rings. The summed E-state index contributed by atoms with van der Waals surface area (Å²) in [6.07, 6.45) is 4.85. The molecule has 4 nitrogen and oxygen atoms in total. The number of carbonyl (C=O) groups excluding carboxylic acids is 2.